The van der Waals surface area contributed by atoms with E-state index in [2.05, 4.69) is 19.7 Å². The molecule has 2 fully saturated rings. The molecule has 0 radical (unpaired) electrons. The second-order valence-corrected chi connectivity index (χ2v) is 11.2. The Hall–Kier alpha value is -3.22. The van der Waals surface area contributed by atoms with Crippen molar-refractivity contribution in [1.82, 2.24) is 19.5 Å². The Kier molecular flexibility index (Phi) is 5.31. The third kappa shape index (κ3) is 4.11. The van der Waals surface area contributed by atoms with E-state index in [4.69, 9.17) is 5.73 Å². The maximum absolute atomic E-state index is 14.9. The molecule has 2 atom stereocenters. The number of anilines is 2. The topological polar surface area (TPSA) is 133 Å². The lowest BCUT2D eigenvalue weighted by molar-refractivity contribution is 0.0656. The largest absolute Gasteiger partial charge is 0.368 e. The summed E-state index contributed by atoms with van der Waals surface area (Å²) in [6, 6.07) is 3.29. The van der Waals surface area contributed by atoms with Gasteiger partial charge in [0.2, 0.25) is 16.0 Å². The van der Waals surface area contributed by atoms with Gasteiger partial charge in [0, 0.05) is 23.4 Å². The molecule has 3 aromatic rings. The van der Waals surface area contributed by atoms with Crippen LogP contribution in [-0.2, 0) is 10.0 Å². The lowest BCUT2D eigenvalue weighted by Crippen LogP contribution is -2.26. The number of nitrogen functional groups attached to an aromatic ring is 1. The van der Waals surface area contributed by atoms with Crippen LogP contribution in [0.25, 0.3) is 22.4 Å². The first kappa shape index (κ1) is 23.5. The lowest BCUT2D eigenvalue weighted by Gasteiger charge is -2.16. The molecule has 1 aromatic carbocycles. The highest BCUT2D eigenvalue weighted by Gasteiger charge is 2.71. The Morgan fingerprint density at radius 3 is 2.54 bits per heavy atom. The molecule has 0 amide bonds. The molecule has 3 N–H and O–H groups in total. The standard InChI is InChI=1S/C22H23F3N6O3S/c1-10(2)31-19-17(8-27-21(26)29-19)28-18(20(31)32)12-3-4-16(15(23)7-12)30-35(33,34)9-11-5-13-14(6-11)22(13,24)25/h3-4,7-8,10-11,13-14,30H,5-6,9H2,1-2H3,(H2,26,27,29). The number of fused-ring (bicyclic) bond motifs is 2. The summed E-state index contributed by atoms with van der Waals surface area (Å²) in [6.07, 6.45) is 1.65. The summed E-state index contributed by atoms with van der Waals surface area (Å²) in [6.45, 7) is 3.55. The summed E-state index contributed by atoms with van der Waals surface area (Å²) >= 11 is 0. The van der Waals surface area contributed by atoms with Crippen LogP contribution in [0.3, 0.4) is 0 Å². The zero-order valence-corrected chi connectivity index (χ0v) is 19.7. The van der Waals surface area contributed by atoms with E-state index in [1.807, 2.05) is 0 Å². The number of benzene rings is 1. The van der Waals surface area contributed by atoms with Gasteiger partial charge in [-0.05, 0) is 44.7 Å². The maximum Gasteiger partial charge on any atom is 0.278 e. The Morgan fingerprint density at radius 2 is 1.91 bits per heavy atom. The fraction of sp³-hybridized carbons (Fsp3) is 0.455. The smallest absolute Gasteiger partial charge is 0.278 e. The molecule has 2 aliphatic carbocycles. The molecule has 0 spiro atoms. The van der Waals surface area contributed by atoms with Crippen molar-refractivity contribution in [3.8, 4) is 11.3 Å². The van der Waals surface area contributed by atoms with E-state index < -0.39 is 45.1 Å². The second-order valence-electron chi connectivity index (χ2n) is 9.47. The maximum atomic E-state index is 14.9. The molecular formula is C22H23F3N6O3S. The van der Waals surface area contributed by atoms with Gasteiger partial charge in [0.05, 0.1) is 17.6 Å². The molecule has 2 aliphatic rings. The molecule has 0 bridgehead atoms. The SMILES string of the molecule is CC(C)n1c(=O)c(-c2ccc(NS(=O)(=O)CC3CC4C(C3)C4(F)F)c(F)c2)nc2cnc(N)nc21. The number of sulfonamides is 1. The van der Waals surface area contributed by atoms with E-state index in [-0.39, 0.29) is 58.7 Å². The van der Waals surface area contributed by atoms with E-state index in [0.717, 1.165) is 6.07 Å². The van der Waals surface area contributed by atoms with Gasteiger partial charge >= 0.3 is 0 Å². The Morgan fingerprint density at radius 1 is 1.23 bits per heavy atom. The van der Waals surface area contributed by atoms with Crippen LogP contribution in [-0.4, -0.2) is 39.6 Å². The Bertz CT molecular complexity index is 1490. The zero-order valence-electron chi connectivity index (χ0n) is 18.9. The van der Waals surface area contributed by atoms with E-state index >= 15 is 0 Å². The molecule has 13 heteroatoms. The number of rotatable bonds is 6. The molecule has 0 aliphatic heterocycles. The number of nitrogens with zero attached hydrogens (tertiary/aromatic N) is 4. The van der Waals surface area contributed by atoms with Gasteiger partial charge in [0.15, 0.2) is 5.65 Å². The molecule has 0 saturated heterocycles. The minimum absolute atomic E-state index is 0.0214. The van der Waals surface area contributed by atoms with E-state index in [1.165, 1.54) is 22.9 Å². The number of nitrogens with two attached hydrogens (primary N) is 1. The molecule has 2 aromatic heterocycles. The first-order valence-electron chi connectivity index (χ1n) is 11.1. The average Bonchev–Trinajstić information content (AvgIpc) is 3.07. The van der Waals surface area contributed by atoms with Crippen LogP contribution in [0, 0.1) is 23.6 Å². The van der Waals surface area contributed by atoms with Gasteiger partial charge in [-0.3, -0.25) is 14.1 Å². The van der Waals surface area contributed by atoms with Gasteiger partial charge in [-0.2, -0.15) is 4.98 Å². The fourth-order valence-corrected chi connectivity index (χ4v) is 6.48. The number of alkyl halides is 2. The van der Waals surface area contributed by atoms with Gasteiger partial charge in [0.1, 0.15) is 17.0 Å². The van der Waals surface area contributed by atoms with E-state index in [9.17, 15) is 26.4 Å². The van der Waals surface area contributed by atoms with Gasteiger partial charge in [-0.1, -0.05) is 6.07 Å². The Labute approximate surface area is 198 Å². The summed E-state index contributed by atoms with van der Waals surface area (Å²) < 4.78 is 70.3. The van der Waals surface area contributed by atoms with Crippen LogP contribution >= 0.6 is 0 Å². The molecule has 5 rings (SSSR count). The first-order chi connectivity index (χ1) is 16.4. The van der Waals surface area contributed by atoms with Crippen molar-refractivity contribution in [2.45, 2.75) is 38.7 Å². The highest BCUT2D eigenvalue weighted by molar-refractivity contribution is 7.92. The fourth-order valence-electron chi connectivity index (χ4n) is 5.00. The van der Waals surface area contributed by atoms with Crippen LogP contribution in [0.4, 0.5) is 24.8 Å². The average molecular weight is 509 g/mol. The number of nitrogens with one attached hydrogen (secondary N) is 1. The first-order valence-corrected chi connectivity index (χ1v) is 12.8. The molecule has 2 unspecified atom stereocenters. The van der Waals surface area contributed by atoms with Crippen molar-refractivity contribution >= 4 is 32.8 Å². The van der Waals surface area contributed by atoms with Crippen molar-refractivity contribution in [2.24, 2.45) is 17.8 Å². The molecule has 2 heterocycles. The normalized spacial score (nSPS) is 23.0. The highest BCUT2D eigenvalue weighted by atomic mass is 32.2. The summed E-state index contributed by atoms with van der Waals surface area (Å²) in [5, 5.41) is 0. The van der Waals surface area contributed by atoms with Gasteiger partial charge in [-0.15, -0.1) is 0 Å². The third-order valence-electron chi connectivity index (χ3n) is 6.67. The summed E-state index contributed by atoms with van der Waals surface area (Å²) in [5.74, 6) is -5.85. The monoisotopic (exact) mass is 508 g/mol. The second kappa shape index (κ2) is 7.90. The van der Waals surface area contributed by atoms with Crippen LogP contribution in [0.15, 0.2) is 29.2 Å². The molecular weight excluding hydrogens is 485 g/mol. The van der Waals surface area contributed by atoms with Crippen molar-refractivity contribution in [2.75, 3.05) is 16.2 Å². The minimum atomic E-state index is -3.96. The van der Waals surface area contributed by atoms with Crippen LogP contribution < -0.4 is 16.0 Å². The van der Waals surface area contributed by atoms with Crippen molar-refractivity contribution in [3.05, 3.63) is 40.6 Å². The van der Waals surface area contributed by atoms with Crippen molar-refractivity contribution in [3.63, 3.8) is 0 Å². The lowest BCUT2D eigenvalue weighted by atomic mass is 10.1. The Balaban J connectivity index is 1.41. The van der Waals surface area contributed by atoms with Gasteiger partial charge < -0.3 is 5.73 Å². The zero-order chi connectivity index (χ0) is 25.3. The quantitative estimate of drug-likeness (QED) is 0.522. The predicted octanol–water partition coefficient (Wildman–Crippen LogP) is 3.19. The predicted molar refractivity (Wildman–Crippen MR) is 124 cm³/mol. The summed E-state index contributed by atoms with van der Waals surface area (Å²) in [7, 11) is -3.96. The third-order valence-corrected chi connectivity index (χ3v) is 8.11. The molecule has 35 heavy (non-hydrogen) atoms. The van der Waals surface area contributed by atoms with Gasteiger partial charge in [-0.25, -0.2) is 31.6 Å². The van der Waals surface area contributed by atoms with Crippen LogP contribution in [0.5, 0.6) is 0 Å². The van der Waals surface area contributed by atoms with E-state index in [1.54, 1.807) is 13.8 Å². The van der Waals surface area contributed by atoms with E-state index in [0.29, 0.717) is 0 Å². The molecule has 9 nitrogen and oxygen atoms in total. The van der Waals surface area contributed by atoms with Crippen molar-refractivity contribution in [1.29, 1.82) is 0 Å². The molecule has 2 saturated carbocycles. The number of hydrogen-bond donors (Lipinski definition) is 2. The number of halogens is 3. The van der Waals surface area contributed by atoms with Crippen LogP contribution in [0.1, 0.15) is 32.7 Å². The van der Waals surface area contributed by atoms with Crippen LogP contribution in [0.2, 0.25) is 0 Å². The van der Waals surface area contributed by atoms with Gasteiger partial charge in [0.25, 0.3) is 11.5 Å². The summed E-state index contributed by atoms with van der Waals surface area (Å²) in [4.78, 5) is 25.4. The highest BCUT2D eigenvalue weighted by Crippen LogP contribution is 2.65. The summed E-state index contributed by atoms with van der Waals surface area (Å²) in [5.41, 5.74) is 5.44. The minimum Gasteiger partial charge on any atom is -0.368 e. The number of aromatic nitrogens is 4. The molecule has 186 valence electrons. The number of hydrogen-bond acceptors (Lipinski definition) is 7. The van der Waals surface area contributed by atoms with Crippen molar-refractivity contribution < 1.29 is 21.6 Å².